The third-order valence-corrected chi connectivity index (χ3v) is 3.65. The normalized spacial score (nSPS) is 17.4. The summed E-state index contributed by atoms with van der Waals surface area (Å²) in [6, 6.07) is 15.3. The summed E-state index contributed by atoms with van der Waals surface area (Å²) >= 11 is 0. The van der Waals surface area contributed by atoms with Gasteiger partial charge in [0.1, 0.15) is 5.75 Å². The zero-order valence-corrected chi connectivity index (χ0v) is 11.4. The number of hydrogen-bond donors (Lipinski definition) is 1. The van der Waals surface area contributed by atoms with Crippen LogP contribution in [0.2, 0.25) is 0 Å². The minimum atomic E-state index is -0.309. The van der Waals surface area contributed by atoms with Crippen molar-refractivity contribution in [3.05, 3.63) is 65.2 Å². The molecular weight excluding hydrogens is 250 g/mol. The van der Waals surface area contributed by atoms with Crippen LogP contribution in [0.25, 0.3) is 0 Å². The molecule has 0 saturated heterocycles. The molecule has 3 nitrogen and oxygen atoms in total. The second-order valence-corrected chi connectivity index (χ2v) is 5.04. The van der Waals surface area contributed by atoms with Crippen LogP contribution in [0.5, 0.6) is 5.75 Å². The van der Waals surface area contributed by atoms with Crippen molar-refractivity contribution in [1.29, 1.82) is 0 Å². The summed E-state index contributed by atoms with van der Waals surface area (Å²) in [4.78, 5) is 12.2. The summed E-state index contributed by atoms with van der Waals surface area (Å²) in [5.74, 6) is 0.262. The Kier molecular flexibility index (Phi) is 3.52. The molecule has 0 spiro atoms. The fourth-order valence-corrected chi connectivity index (χ4v) is 2.54. The van der Waals surface area contributed by atoms with Crippen LogP contribution in [-0.4, -0.2) is 12.5 Å². The number of benzene rings is 2. The number of carbonyl (C=O) groups is 1. The van der Waals surface area contributed by atoms with Crippen LogP contribution in [-0.2, 0) is 6.42 Å². The van der Waals surface area contributed by atoms with E-state index in [1.165, 1.54) is 11.1 Å². The average Bonchev–Trinajstić information content (AvgIpc) is 2.48. The van der Waals surface area contributed by atoms with Crippen LogP contribution in [0.15, 0.2) is 48.5 Å². The molecule has 1 atom stereocenters. The molecular formula is C17H17NO2. The van der Waals surface area contributed by atoms with Gasteiger partial charge in [-0.05, 0) is 55.3 Å². The molecule has 3 heteroatoms. The molecule has 0 radical (unpaired) electrons. The number of carbonyl (C=O) groups excluding carboxylic acids is 1. The Morgan fingerprint density at radius 2 is 2.00 bits per heavy atom. The first-order valence-corrected chi connectivity index (χ1v) is 6.87. The second-order valence-electron chi connectivity index (χ2n) is 5.04. The fourth-order valence-electron chi connectivity index (χ4n) is 2.54. The number of hydrogen-bond acceptors (Lipinski definition) is 3. The summed E-state index contributed by atoms with van der Waals surface area (Å²) in [5.41, 5.74) is 3.11. The van der Waals surface area contributed by atoms with Crippen molar-refractivity contribution in [2.45, 2.75) is 19.4 Å². The van der Waals surface area contributed by atoms with E-state index in [0.717, 1.165) is 13.0 Å². The molecule has 1 N–H and O–H groups in total. The van der Waals surface area contributed by atoms with E-state index in [-0.39, 0.29) is 12.0 Å². The lowest BCUT2D eigenvalue weighted by molar-refractivity contribution is 0.0734. The average molecular weight is 267 g/mol. The first kappa shape index (κ1) is 12.9. The molecule has 0 fully saturated rings. The zero-order valence-electron chi connectivity index (χ0n) is 11.4. The summed E-state index contributed by atoms with van der Waals surface area (Å²) in [7, 11) is 0. The van der Waals surface area contributed by atoms with Crippen LogP contribution >= 0.6 is 0 Å². The third-order valence-electron chi connectivity index (χ3n) is 3.65. The molecule has 0 saturated carbocycles. The predicted octanol–water partition coefficient (Wildman–Crippen LogP) is 3.11. The van der Waals surface area contributed by atoms with Gasteiger partial charge in [-0.25, -0.2) is 4.79 Å². The van der Waals surface area contributed by atoms with Crippen molar-refractivity contribution in [3.8, 4) is 5.75 Å². The summed E-state index contributed by atoms with van der Waals surface area (Å²) < 4.78 is 5.37. The van der Waals surface area contributed by atoms with E-state index in [2.05, 4.69) is 12.2 Å². The van der Waals surface area contributed by atoms with Crippen molar-refractivity contribution >= 4 is 5.97 Å². The van der Waals surface area contributed by atoms with Gasteiger partial charge in [0.25, 0.3) is 0 Å². The van der Waals surface area contributed by atoms with E-state index in [0.29, 0.717) is 11.3 Å². The Hall–Kier alpha value is -2.13. The lowest BCUT2D eigenvalue weighted by Gasteiger charge is -2.24. The maximum Gasteiger partial charge on any atom is 0.343 e. The van der Waals surface area contributed by atoms with Gasteiger partial charge < -0.3 is 10.1 Å². The lowest BCUT2D eigenvalue weighted by atomic mass is 9.93. The zero-order chi connectivity index (χ0) is 13.9. The molecule has 1 aliphatic rings. The Morgan fingerprint density at radius 3 is 2.80 bits per heavy atom. The first-order chi connectivity index (χ1) is 9.74. The van der Waals surface area contributed by atoms with Gasteiger partial charge in [-0.3, -0.25) is 0 Å². The fraction of sp³-hybridized carbons (Fsp3) is 0.235. The summed E-state index contributed by atoms with van der Waals surface area (Å²) in [5, 5.41) is 3.40. The molecule has 2 aromatic rings. The van der Waals surface area contributed by atoms with E-state index in [4.69, 9.17) is 4.74 Å². The molecule has 1 aliphatic heterocycles. The smallest absolute Gasteiger partial charge is 0.343 e. The van der Waals surface area contributed by atoms with Crippen LogP contribution < -0.4 is 10.1 Å². The highest BCUT2D eigenvalue weighted by Gasteiger charge is 2.18. The van der Waals surface area contributed by atoms with Gasteiger partial charge in [0.15, 0.2) is 0 Å². The number of ether oxygens (including phenoxy) is 1. The number of fused-ring (bicyclic) bond motifs is 1. The second kappa shape index (κ2) is 5.47. The molecule has 0 aliphatic carbocycles. The monoisotopic (exact) mass is 267 g/mol. The van der Waals surface area contributed by atoms with Crippen molar-refractivity contribution in [1.82, 2.24) is 5.32 Å². The van der Waals surface area contributed by atoms with Gasteiger partial charge >= 0.3 is 5.97 Å². The number of para-hydroxylation sites is 1. The highest BCUT2D eigenvalue weighted by Crippen LogP contribution is 2.24. The molecule has 0 bridgehead atoms. The van der Waals surface area contributed by atoms with Crippen LogP contribution in [0, 0.1) is 0 Å². The van der Waals surface area contributed by atoms with Crippen molar-refractivity contribution < 1.29 is 9.53 Å². The number of esters is 1. The minimum Gasteiger partial charge on any atom is -0.423 e. The van der Waals surface area contributed by atoms with Crippen LogP contribution in [0.3, 0.4) is 0 Å². The van der Waals surface area contributed by atoms with Gasteiger partial charge in [0.05, 0.1) is 5.56 Å². The largest absolute Gasteiger partial charge is 0.423 e. The maximum absolute atomic E-state index is 12.2. The highest BCUT2D eigenvalue weighted by molar-refractivity contribution is 5.91. The van der Waals surface area contributed by atoms with E-state index in [1.807, 2.05) is 36.4 Å². The molecule has 0 amide bonds. The SMILES string of the molecule is CC1NCCc2ccc(C(=O)Oc3ccccc3)cc21. The topological polar surface area (TPSA) is 38.3 Å². The Morgan fingerprint density at radius 1 is 1.20 bits per heavy atom. The minimum absolute atomic E-state index is 0.281. The molecule has 20 heavy (non-hydrogen) atoms. The maximum atomic E-state index is 12.2. The van der Waals surface area contributed by atoms with Crippen LogP contribution in [0.4, 0.5) is 0 Å². The van der Waals surface area contributed by atoms with E-state index < -0.39 is 0 Å². The first-order valence-electron chi connectivity index (χ1n) is 6.87. The van der Waals surface area contributed by atoms with Gasteiger partial charge in [0.2, 0.25) is 0 Å². The summed E-state index contributed by atoms with van der Waals surface area (Å²) in [6.07, 6.45) is 1.01. The highest BCUT2D eigenvalue weighted by atomic mass is 16.5. The molecule has 3 rings (SSSR count). The van der Waals surface area contributed by atoms with Crippen LogP contribution in [0.1, 0.15) is 34.5 Å². The van der Waals surface area contributed by atoms with Crippen molar-refractivity contribution in [2.75, 3.05) is 6.54 Å². The van der Waals surface area contributed by atoms with E-state index >= 15 is 0 Å². The van der Waals surface area contributed by atoms with Gasteiger partial charge in [-0.2, -0.15) is 0 Å². The van der Waals surface area contributed by atoms with Gasteiger partial charge in [-0.1, -0.05) is 24.3 Å². The van der Waals surface area contributed by atoms with E-state index in [9.17, 15) is 4.79 Å². The molecule has 0 aromatic heterocycles. The molecule has 102 valence electrons. The lowest BCUT2D eigenvalue weighted by Crippen LogP contribution is -2.28. The Balaban J connectivity index is 1.84. The predicted molar refractivity (Wildman–Crippen MR) is 78.0 cm³/mol. The summed E-state index contributed by atoms with van der Waals surface area (Å²) in [6.45, 7) is 3.10. The third kappa shape index (κ3) is 2.58. The van der Waals surface area contributed by atoms with Gasteiger partial charge in [-0.15, -0.1) is 0 Å². The quantitative estimate of drug-likeness (QED) is 0.671. The van der Waals surface area contributed by atoms with E-state index in [1.54, 1.807) is 12.1 Å². The van der Waals surface area contributed by atoms with Crippen molar-refractivity contribution in [2.24, 2.45) is 0 Å². The Bertz CT molecular complexity index is 622. The molecule has 1 heterocycles. The molecule has 1 unspecified atom stereocenters. The number of nitrogens with one attached hydrogen (secondary N) is 1. The molecule has 2 aromatic carbocycles. The van der Waals surface area contributed by atoms with Crippen molar-refractivity contribution in [3.63, 3.8) is 0 Å². The standard InChI is InChI=1S/C17H17NO2/c1-12-16-11-14(8-7-13(16)9-10-18-12)17(19)20-15-5-3-2-4-6-15/h2-8,11-12,18H,9-10H2,1H3. The number of rotatable bonds is 2. The van der Waals surface area contributed by atoms with Gasteiger partial charge in [0, 0.05) is 6.04 Å². The Labute approximate surface area is 118 Å².